The minimum absolute atomic E-state index is 0.708. The normalized spacial score (nSPS) is 11.2. The lowest BCUT2D eigenvalue weighted by atomic mass is 10.0. The van der Waals surface area contributed by atoms with Crippen molar-refractivity contribution in [2.24, 2.45) is 0 Å². The number of allylic oxidation sites excluding steroid dienone is 1. The van der Waals surface area contributed by atoms with Crippen molar-refractivity contribution < 1.29 is 4.79 Å². The van der Waals surface area contributed by atoms with Crippen molar-refractivity contribution >= 4 is 17.9 Å². The summed E-state index contributed by atoms with van der Waals surface area (Å²) in [4.78, 5) is 11.2. The highest BCUT2D eigenvalue weighted by Gasteiger charge is 2.00. The largest absolute Gasteiger partial charge is 0.298 e. The van der Waals surface area contributed by atoms with E-state index in [1.807, 2.05) is 67.6 Å². The molecule has 0 saturated carbocycles. The first kappa shape index (κ1) is 11.3. The number of rotatable bonds is 3. The minimum Gasteiger partial charge on any atom is -0.298 e. The smallest absolute Gasteiger partial charge is 0.150 e. The lowest BCUT2D eigenvalue weighted by Gasteiger charge is -2.03. The number of hydrogen-bond acceptors (Lipinski definition) is 1. The zero-order valence-corrected chi connectivity index (χ0v) is 9.76. The molecule has 1 nitrogen and oxygen atoms in total. The highest BCUT2D eigenvalue weighted by atomic mass is 16.1. The summed E-state index contributed by atoms with van der Waals surface area (Å²) in [5.41, 5.74) is 3.91. The van der Waals surface area contributed by atoms with Crippen molar-refractivity contribution in [3.8, 4) is 0 Å². The maximum Gasteiger partial charge on any atom is 0.150 e. The van der Waals surface area contributed by atoms with Crippen molar-refractivity contribution in [3.63, 3.8) is 0 Å². The Kier molecular flexibility index (Phi) is 3.51. The number of carbonyl (C=O) groups excluding carboxylic acids is 1. The SMILES string of the molecule is Cc1ccccc1/C=C(/C=O)c1ccccc1. The second-order valence-corrected chi connectivity index (χ2v) is 3.94. The van der Waals surface area contributed by atoms with Crippen LogP contribution in [0.25, 0.3) is 11.6 Å². The van der Waals surface area contributed by atoms with Crippen LogP contribution in [0.2, 0.25) is 0 Å². The van der Waals surface area contributed by atoms with Gasteiger partial charge >= 0.3 is 0 Å². The Bertz CT molecular complexity index is 538. The maximum atomic E-state index is 11.2. The Morgan fingerprint density at radius 1 is 0.941 bits per heavy atom. The standard InChI is InChI=1S/C16H14O/c1-13-7-5-6-10-15(13)11-16(12-17)14-8-3-2-4-9-14/h2-12H,1H3/b16-11-. The molecule has 0 spiro atoms. The molecule has 2 aromatic carbocycles. The van der Waals surface area contributed by atoms with Gasteiger partial charge in [0.2, 0.25) is 0 Å². The van der Waals surface area contributed by atoms with Gasteiger partial charge in [0, 0.05) is 5.57 Å². The fourth-order valence-corrected chi connectivity index (χ4v) is 1.73. The highest BCUT2D eigenvalue weighted by Crippen LogP contribution is 2.18. The van der Waals surface area contributed by atoms with E-state index in [4.69, 9.17) is 0 Å². The lowest BCUT2D eigenvalue weighted by Crippen LogP contribution is -1.87. The highest BCUT2D eigenvalue weighted by molar-refractivity contribution is 6.13. The first-order chi connectivity index (χ1) is 8.31. The van der Waals surface area contributed by atoms with Gasteiger partial charge in [0.05, 0.1) is 0 Å². The van der Waals surface area contributed by atoms with E-state index in [1.165, 1.54) is 5.56 Å². The summed E-state index contributed by atoms with van der Waals surface area (Å²) < 4.78 is 0. The van der Waals surface area contributed by atoms with Gasteiger partial charge < -0.3 is 0 Å². The number of benzene rings is 2. The predicted octanol–water partition coefficient (Wildman–Crippen LogP) is 3.73. The van der Waals surface area contributed by atoms with E-state index in [0.717, 1.165) is 17.4 Å². The van der Waals surface area contributed by atoms with Gasteiger partial charge in [-0.1, -0.05) is 54.6 Å². The van der Waals surface area contributed by atoms with Crippen molar-refractivity contribution in [1.29, 1.82) is 0 Å². The minimum atomic E-state index is 0.708. The molecule has 2 rings (SSSR count). The fraction of sp³-hybridized carbons (Fsp3) is 0.0625. The molecule has 0 fully saturated rings. The van der Waals surface area contributed by atoms with Gasteiger partial charge in [0.15, 0.2) is 6.29 Å². The molecule has 2 aromatic rings. The Morgan fingerprint density at radius 2 is 1.59 bits per heavy atom. The van der Waals surface area contributed by atoms with E-state index in [2.05, 4.69) is 0 Å². The molecule has 0 amide bonds. The van der Waals surface area contributed by atoms with Crippen molar-refractivity contribution in [2.45, 2.75) is 6.92 Å². The second kappa shape index (κ2) is 5.26. The third-order valence-electron chi connectivity index (χ3n) is 2.73. The van der Waals surface area contributed by atoms with Crippen LogP contribution in [-0.4, -0.2) is 6.29 Å². The van der Waals surface area contributed by atoms with Crippen LogP contribution in [0.15, 0.2) is 54.6 Å². The lowest BCUT2D eigenvalue weighted by molar-refractivity contribution is -0.103. The van der Waals surface area contributed by atoms with Gasteiger partial charge in [-0.25, -0.2) is 0 Å². The number of carbonyl (C=O) groups is 1. The van der Waals surface area contributed by atoms with Gasteiger partial charge in [0.1, 0.15) is 0 Å². The zero-order valence-electron chi connectivity index (χ0n) is 9.76. The van der Waals surface area contributed by atoms with Gasteiger partial charge in [-0.3, -0.25) is 4.79 Å². The number of aldehydes is 1. The third-order valence-corrected chi connectivity index (χ3v) is 2.73. The average Bonchev–Trinajstić information content (AvgIpc) is 2.39. The van der Waals surface area contributed by atoms with Crippen LogP contribution < -0.4 is 0 Å². The molecule has 0 saturated heterocycles. The van der Waals surface area contributed by atoms with Crippen LogP contribution in [0.3, 0.4) is 0 Å². The molecule has 0 unspecified atom stereocenters. The summed E-state index contributed by atoms with van der Waals surface area (Å²) in [5, 5.41) is 0. The zero-order chi connectivity index (χ0) is 12.1. The molecule has 0 aliphatic heterocycles. The van der Waals surface area contributed by atoms with Crippen molar-refractivity contribution in [2.75, 3.05) is 0 Å². The molecule has 0 N–H and O–H groups in total. The Hall–Kier alpha value is -2.15. The fourth-order valence-electron chi connectivity index (χ4n) is 1.73. The van der Waals surface area contributed by atoms with E-state index >= 15 is 0 Å². The summed E-state index contributed by atoms with van der Waals surface area (Å²) in [6, 6.07) is 17.7. The Morgan fingerprint density at radius 3 is 2.24 bits per heavy atom. The van der Waals surface area contributed by atoms with Crippen LogP contribution in [0.5, 0.6) is 0 Å². The van der Waals surface area contributed by atoms with Crippen LogP contribution >= 0.6 is 0 Å². The molecule has 0 radical (unpaired) electrons. The first-order valence-corrected chi connectivity index (χ1v) is 5.59. The summed E-state index contributed by atoms with van der Waals surface area (Å²) in [6.45, 7) is 2.04. The molecule has 84 valence electrons. The van der Waals surface area contributed by atoms with E-state index < -0.39 is 0 Å². The van der Waals surface area contributed by atoms with Crippen LogP contribution in [0.1, 0.15) is 16.7 Å². The number of hydrogen-bond donors (Lipinski definition) is 0. The maximum absolute atomic E-state index is 11.2. The summed E-state index contributed by atoms with van der Waals surface area (Å²) in [6.07, 6.45) is 2.83. The molecule has 1 heteroatoms. The number of aryl methyl sites for hydroxylation is 1. The topological polar surface area (TPSA) is 17.1 Å². The molecule has 0 aromatic heterocycles. The van der Waals surface area contributed by atoms with E-state index in [-0.39, 0.29) is 0 Å². The summed E-state index contributed by atoms with van der Waals surface area (Å²) >= 11 is 0. The molecule has 17 heavy (non-hydrogen) atoms. The van der Waals surface area contributed by atoms with Crippen molar-refractivity contribution in [3.05, 3.63) is 71.3 Å². The monoisotopic (exact) mass is 222 g/mol. The molecule has 0 aliphatic rings. The molecular formula is C16H14O. The summed E-state index contributed by atoms with van der Waals surface area (Å²) in [5.74, 6) is 0. The molecule has 0 atom stereocenters. The molecule has 0 aliphatic carbocycles. The second-order valence-electron chi connectivity index (χ2n) is 3.94. The van der Waals surface area contributed by atoms with Crippen LogP contribution in [-0.2, 0) is 4.79 Å². The van der Waals surface area contributed by atoms with Crippen LogP contribution in [0.4, 0.5) is 0 Å². The predicted molar refractivity (Wildman–Crippen MR) is 71.6 cm³/mol. The Labute approximate surface area is 101 Å². The van der Waals surface area contributed by atoms with Gasteiger partial charge in [-0.05, 0) is 29.7 Å². The van der Waals surface area contributed by atoms with E-state index in [9.17, 15) is 4.79 Å². The van der Waals surface area contributed by atoms with Crippen molar-refractivity contribution in [1.82, 2.24) is 0 Å². The van der Waals surface area contributed by atoms with E-state index in [1.54, 1.807) is 0 Å². The molecule has 0 bridgehead atoms. The van der Waals surface area contributed by atoms with Gasteiger partial charge in [-0.15, -0.1) is 0 Å². The quantitative estimate of drug-likeness (QED) is 0.439. The van der Waals surface area contributed by atoms with Gasteiger partial charge in [-0.2, -0.15) is 0 Å². The Balaban J connectivity index is 2.44. The van der Waals surface area contributed by atoms with E-state index in [0.29, 0.717) is 5.57 Å². The molecular weight excluding hydrogens is 208 g/mol. The van der Waals surface area contributed by atoms with Crippen LogP contribution in [0, 0.1) is 6.92 Å². The first-order valence-electron chi connectivity index (χ1n) is 5.59. The summed E-state index contributed by atoms with van der Waals surface area (Å²) in [7, 11) is 0. The molecule has 0 heterocycles. The van der Waals surface area contributed by atoms with Gasteiger partial charge in [0.25, 0.3) is 0 Å². The average molecular weight is 222 g/mol. The third kappa shape index (κ3) is 2.70.